The van der Waals surface area contributed by atoms with Gasteiger partial charge in [0.2, 0.25) is 5.88 Å². The van der Waals surface area contributed by atoms with Gasteiger partial charge in [0.15, 0.2) is 5.75 Å². The smallest absolute Gasteiger partial charge is 0.287 e. The number of nitrogens with zero attached hydrogens (tertiary/aromatic N) is 3. The van der Waals surface area contributed by atoms with Gasteiger partial charge in [-0.1, -0.05) is 6.07 Å². The molecule has 0 N–H and O–H groups in total. The maximum absolute atomic E-state index is 10.8. The second kappa shape index (κ2) is 5.40. The molecule has 1 aromatic heterocycles. The Kier molecular flexibility index (Phi) is 3.87. The number of ether oxygens (including phenoxy) is 1. The molecule has 0 bridgehead atoms. The molecule has 0 saturated carbocycles. The van der Waals surface area contributed by atoms with E-state index in [9.17, 15) is 10.1 Å². The highest BCUT2D eigenvalue weighted by Crippen LogP contribution is 2.37. The van der Waals surface area contributed by atoms with E-state index in [1.54, 1.807) is 6.07 Å². The van der Waals surface area contributed by atoms with E-state index in [-0.39, 0.29) is 16.0 Å². The Hall–Kier alpha value is -1.54. The molecule has 0 fully saturated rings. The van der Waals surface area contributed by atoms with Gasteiger partial charge in [0.1, 0.15) is 10.8 Å². The average molecular weight is 375 g/mol. The van der Waals surface area contributed by atoms with Crippen LogP contribution in [-0.4, -0.2) is 14.9 Å². The van der Waals surface area contributed by atoms with E-state index in [1.807, 2.05) is 0 Å². The first-order chi connectivity index (χ1) is 8.59. The van der Waals surface area contributed by atoms with E-state index in [1.165, 1.54) is 24.7 Å². The number of hydrogen-bond acceptors (Lipinski definition) is 5. The fourth-order valence-electron chi connectivity index (χ4n) is 1.20. The molecule has 8 heteroatoms. The Morgan fingerprint density at radius 2 is 2.11 bits per heavy atom. The van der Waals surface area contributed by atoms with Crippen molar-refractivity contribution in [1.82, 2.24) is 9.97 Å². The fourth-order valence-corrected chi connectivity index (χ4v) is 1.99. The first-order valence-corrected chi connectivity index (χ1v) is 6.24. The third-order valence-electron chi connectivity index (χ3n) is 1.98. The lowest BCUT2D eigenvalue weighted by molar-refractivity contribution is -0.385. The quantitative estimate of drug-likeness (QED) is 0.604. The predicted molar refractivity (Wildman–Crippen MR) is 70.6 cm³/mol. The van der Waals surface area contributed by atoms with Crippen LogP contribution in [0.2, 0.25) is 0 Å². The molecule has 0 radical (unpaired) electrons. The number of aromatic nitrogens is 2. The highest BCUT2D eigenvalue weighted by molar-refractivity contribution is 9.11. The minimum atomic E-state index is -0.494. The lowest BCUT2D eigenvalue weighted by atomic mass is 10.3. The number of nitro benzene ring substituents is 1. The van der Waals surface area contributed by atoms with Gasteiger partial charge in [-0.2, -0.15) is 0 Å². The van der Waals surface area contributed by atoms with E-state index in [0.29, 0.717) is 10.2 Å². The Morgan fingerprint density at radius 3 is 2.78 bits per heavy atom. The lowest BCUT2D eigenvalue weighted by Gasteiger charge is -2.07. The molecule has 0 spiro atoms. The van der Waals surface area contributed by atoms with Gasteiger partial charge in [-0.3, -0.25) is 10.1 Å². The second-order valence-electron chi connectivity index (χ2n) is 3.12. The van der Waals surface area contributed by atoms with Crippen molar-refractivity contribution >= 4 is 37.5 Å². The van der Waals surface area contributed by atoms with Gasteiger partial charge in [0.25, 0.3) is 5.69 Å². The lowest BCUT2D eigenvalue weighted by Crippen LogP contribution is -1.94. The highest BCUT2D eigenvalue weighted by atomic mass is 79.9. The molecule has 0 saturated heterocycles. The van der Waals surface area contributed by atoms with Gasteiger partial charge in [-0.15, -0.1) is 0 Å². The molecule has 0 amide bonds. The monoisotopic (exact) mass is 373 g/mol. The van der Waals surface area contributed by atoms with Crippen LogP contribution in [0.4, 0.5) is 5.69 Å². The summed E-state index contributed by atoms with van der Waals surface area (Å²) < 4.78 is 6.30. The minimum absolute atomic E-state index is 0.0716. The third kappa shape index (κ3) is 2.65. The largest absolute Gasteiger partial charge is 0.436 e. The molecule has 1 heterocycles. The summed E-state index contributed by atoms with van der Waals surface area (Å²) in [4.78, 5) is 18.0. The second-order valence-corrected chi connectivity index (χ2v) is 4.77. The summed E-state index contributed by atoms with van der Waals surface area (Å²) in [5, 5.41) is 10.8. The van der Waals surface area contributed by atoms with Gasteiger partial charge in [-0.05, 0) is 37.9 Å². The SMILES string of the molecule is O=[N+]([O-])c1cccc(Oc2ncncc2Br)c1Br. The van der Waals surface area contributed by atoms with Crippen molar-refractivity contribution in [2.45, 2.75) is 0 Å². The van der Waals surface area contributed by atoms with Crippen LogP contribution in [0.15, 0.2) is 39.7 Å². The van der Waals surface area contributed by atoms with Crippen molar-refractivity contribution < 1.29 is 9.66 Å². The van der Waals surface area contributed by atoms with Crippen molar-refractivity contribution in [1.29, 1.82) is 0 Å². The van der Waals surface area contributed by atoms with E-state index >= 15 is 0 Å². The van der Waals surface area contributed by atoms with Crippen LogP contribution < -0.4 is 4.74 Å². The fraction of sp³-hybridized carbons (Fsp3) is 0. The molecule has 0 aliphatic rings. The standard InChI is InChI=1S/C10H5Br2N3O3/c11-6-4-13-5-14-10(6)18-8-3-1-2-7(9(8)12)15(16)17/h1-5H. The Morgan fingerprint density at radius 1 is 1.33 bits per heavy atom. The summed E-state index contributed by atoms with van der Waals surface area (Å²) in [6, 6.07) is 4.52. The van der Waals surface area contributed by atoms with Crippen molar-refractivity contribution in [2.24, 2.45) is 0 Å². The van der Waals surface area contributed by atoms with Crippen LogP contribution in [0, 0.1) is 10.1 Å². The van der Waals surface area contributed by atoms with Crippen molar-refractivity contribution in [3.8, 4) is 11.6 Å². The highest BCUT2D eigenvalue weighted by Gasteiger charge is 2.17. The van der Waals surface area contributed by atoms with Crippen molar-refractivity contribution in [3.63, 3.8) is 0 Å². The topological polar surface area (TPSA) is 78.2 Å². The van der Waals surface area contributed by atoms with Gasteiger partial charge in [0.05, 0.1) is 9.40 Å². The first kappa shape index (κ1) is 12.9. The molecule has 0 unspecified atom stereocenters. The average Bonchev–Trinajstić information content (AvgIpc) is 2.34. The van der Waals surface area contributed by atoms with E-state index < -0.39 is 4.92 Å². The molecule has 92 valence electrons. The molecular weight excluding hydrogens is 370 g/mol. The third-order valence-corrected chi connectivity index (χ3v) is 3.32. The predicted octanol–water partition coefficient (Wildman–Crippen LogP) is 3.70. The number of benzene rings is 1. The molecule has 18 heavy (non-hydrogen) atoms. The zero-order valence-corrected chi connectivity index (χ0v) is 11.9. The molecule has 2 aromatic rings. The Labute approximate surface area is 118 Å². The summed E-state index contributed by atoms with van der Waals surface area (Å²) in [5.74, 6) is 0.592. The van der Waals surface area contributed by atoms with Crippen LogP contribution in [0.25, 0.3) is 0 Å². The molecule has 0 aliphatic heterocycles. The Balaban J connectivity index is 2.39. The van der Waals surface area contributed by atoms with Crippen LogP contribution >= 0.6 is 31.9 Å². The summed E-state index contributed by atoms with van der Waals surface area (Å²) in [6.07, 6.45) is 2.85. The van der Waals surface area contributed by atoms with E-state index in [2.05, 4.69) is 41.8 Å². The molecule has 0 atom stereocenters. The normalized spacial score (nSPS) is 10.1. The summed E-state index contributed by atoms with van der Waals surface area (Å²) in [5.41, 5.74) is -0.0716. The first-order valence-electron chi connectivity index (χ1n) is 4.66. The molecule has 0 aliphatic carbocycles. The van der Waals surface area contributed by atoms with Gasteiger partial charge in [0, 0.05) is 12.3 Å². The zero-order valence-electron chi connectivity index (χ0n) is 8.71. The minimum Gasteiger partial charge on any atom is -0.436 e. The van der Waals surface area contributed by atoms with Crippen molar-refractivity contribution in [3.05, 3.63) is 49.8 Å². The van der Waals surface area contributed by atoms with Crippen LogP contribution in [0.5, 0.6) is 11.6 Å². The van der Waals surface area contributed by atoms with Gasteiger partial charge >= 0.3 is 0 Å². The van der Waals surface area contributed by atoms with E-state index in [0.717, 1.165) is 0 Å². The van der Waals surface area contributed by atoms with E-state index in [4.69, 9.17) is 4.74 Å². The Bertz CT molecular complexity index is 607. The van der Waals surface area contributed by atoms with Crippen LogP contribution in [0.1, 0.15) is 0 Å². The van der Waals surface area contributed by atoms with Gasteiger partial charge < -0.3 is 4.74 Å². The number of halogens is 2. The molecular formula is C10H5Br2N3O3. The zero-order chi connectivity index (χ0) is 13.1. The summed E-state index contributed by atoms with van der Waals surface area (Å²) in [6.45, 7) is 0. The maximum Gasteiger partial charge on any atom is 0.287 e. The summed E-state index contributed by atoms with van der Waals surface area (Å²) in [7, 11) is 0. The van der Waals surface area contributed by atoms with Crippen molar-refractivity contribution in [2.75, 3.05) is 0 Å². The van der Waals surface area contributed by atoms with Crippen LogP contribution in [0.3, 0.4) is 0 Å². The molecule has 6 nitrogen and oxygen atoms in total. The molecule has 1 aromatic carbocycles. The molecule has 2 rings (SSSR count). The van der Waals surface area contributed by atoms with Crippen LogP contribution in [-0.2, 0) is 0 Å². The number of rotatable bonds is 3. The summed E-state index contributed by atoms with van der Waals surface area (Å²) >= 11 is 6.37. The van der Waals surface area contributed by atoms with Gasteiger partial charge in [-0.25, -0.2) is 9.97 Å². The maximum atomic E-state index is 10.8. The number of nitro groups is 1. The number of hydrogen-bond donors (Lipinski definition) is 0.